The van der Waals surface area contributed by atoms with Gasteiger partial charge in [0.05, 0.1) is 22.1 Å². The zero-order valence-corrected chi connectivity index (χ0v) is 37.7. The highest BCUT2D eigenvalue weighted by atomic mass is 32.2. The Morgan fingerprint density at radius 2 is 0.788 bits per heavy atom. The first kappa shape index (κ1) is 37.5. The largest absolute Gasteiger partial charge is 0.309 e. The SMILES string of the molecule is c1ccc(-n2c3ccccc3c3ccc([Si]4(c5ccc(-n6c7ccccc7c7ccccc76)cc5)c5ccccc5Sc5cc(-c6ccc7c(ccc8ccccc87)c6)ccc54)cc32)cc1. The van der Waals surface area contributed by atoms with E-state index in [1.165, 1.54) is 113 Å². The van der Waals surface area contributed by atoms with Gasteiger partial charge in [-0.1, -0.05) is 188 Å². The van der Waals surface area contributed by atoms with E-state index in [4.69, 9.17) is 0 Å². The van der Waals surface area contributed by atoms with Gasteiger partial charge in [0.2, 0.25) is 0 Å². The molecule has 13 aromatic rings. The smallest absolute Gasteiger partial charge is 0.181 e. The highest BCUT2D eigenvalue weighted by Crippen LogP contribution is 2.39. The Bertz CT molecular complexity index is 4040. The van der Waals surface area contributed by atoms with E-state index in [0.717, 1.165) is 5.69 Å². The van der Waals surface area contributed by atoms with Gasteiger partial charge in [-0.3, -0.25) is 0 Å². The monoisotopic (exact) mass is 872 g/mol. The van der Waals surface area contributed by atoms with Crippen molar-refractivity contribution >= 4 is 106 Å². The normalized spacial score (nSPS) is 14.7. The summed E-state index contributed by atoms with van der Waals surface area (Å²) in [6.45, 7) is 0. The molecule has 0 bridgehead atoms. The second-order valence-electron chi connectivity index (χ2n) is 17.6. The molecule has 0 N–H and O–H groups in total. The number of aromatic nitrogens is 2. The van der Waals surface area contributed by atoms with E-state index in [2.05, 4.69) is 252 Å². The number of hydrogen-bond acceptors (Lipinski definition) is 1. The first-order valence-corrected chi connectivity index (χ1v) is 25.6. The van der Waals surface area contributed by atoms with Crippen LogP contribution in [0.5, 0.6) is 0 Å². The molecule has 3 heterocycles. The van der Waals surface area contributed by atoms with Gasteiger partial charge in [-0.25, -0.2) is 0 Å². The highest BCUT2D eigenvalue weighted by molar-refractivity contribution is 8.00. The van der Waals surface area contributed by atoms with E-state index in [0.29, 0.717) is 0 Å². The second-order valence-corrected chi connectivity index (χ2v) is 22.4. The molecule has 2 nitrogen and oxygen atoms in total. The van der Waals surface area contributed by atoms with Gasteiger partial charge >= 0.3 is 0 Å². The van der Waals surface area contributed by atoms with Crippen LogP contribution in [-0.4, -0.2) is 17.2 Å². The van der Waals surface area contributed by atoms with Crippen molar-refractivity contribution in [3.8, 4) is 22.5 Å². The minimum atomic E-state index is -3.02. The number of nitrogens with zero attached hydrogens (tertiary/aromatic N) is 2. The van der Waals surface area contributed by atoms with Crippen molar-refractivity contribution in [3.05, 3.63) is 243 Å². The van der Waals surface area contributed by atoms with Gasteiger partial charge in [0.25, 0.3) is 0 Å². The molecular weight excluding hydrogens is 833 g/mol. The van der Waals surface area contributed by atoms with E-state index < -0.39 is 8.07 Å². The van der Waals surface area contributed by atoms with Gasteiger partial charge in [0.15, 0.2) is 8.07 Å². The van der Waals surface area contributed by atoms with Crippen molar-refractivity contribution in [2.75, 3.05) is 0 Å². The van der Waals surface area contributed by atoms with E-state index in [-0.39, 0.29) is 0 Å². The molecular formula is C62H40N2SSi. The van der Waals surface area contributed by atoms with Gasteiger partial charge < -0.3 is 9.13 Å². The summed E-state index contributed by atoms with van der Waals surface area (Å²) in [6, 6.07) is 91.3. The number of para-hydroxylation sites is 4. The van der Waals surface area contributed by atoms with E-state index in [1.807, 2.05) is 11.8 Å². The van der Waals surface area contributed by atoms with Crippen LogP contribution in [0.25, 0.3) is 87.7 Å². The molecule has 66 heavy (non-hydrogen) atoms. The second kappa shape index (κ2) is 14.6. The molecule has 0 amide bonds. The molecule has 14 rings (SSSR count). The Kier molecular flexibility index (Phi) is 8.27. The average molecular weight is 873 g/mol. The zero-order valence-electron chi connectivity index (χ0n) is 35.9. The molecule has 0 radical (unpaired) electrons. The Morgan fingerprint density at radius 3 is 1.53 bits per heavy atom. The van der Waals surface area contributed by atoms with Gasteiger partial charge in [0.1, 0.15) is 0 Å². The molecule has 1 aliphatic rings. The lowest BCUT2D eigenvalue weighted by molar-refractivity contribution is 1.18. The number of fused-ring (bicyclic) bond motifs is 11. The standard InChI is InChI=1S/C62H40N2SSi/c1-2-15-45(16-3-1)64-57-23-11-8-20-53(57)54-36-34-48(40-58(54)64)66(47-32-30-46(31-33-47)63-55-21-9-6-18-51(55)52-19-7-10-22-56(52)63)61-25-13-12-24-59(61)65-60-39-43(29-37-62(60)66)42-28-35-50-44(38-42)27-26-41-14-4-5-17-49(41)50/h1-40H. The first-order valence-electron chi connectivity index (χ1n) is 22.7. The van der Waals surface area contributed by atoms with Crippen LogP contribution in [0, 0.1) is 0 Å². The van der Waals surface area contributed by atoms with E-state index >= 15 is 0 Å². The highest BCUT2D eigenvalue weighted by Gasteiger charge is 2.47. The van der Waals surface area contributed by atoms with Crippen molar-refractivity contribution in [2.45, 2.75) is 9.79 Å². The van der Waals surface area contributed by atoms with Crippen molar-refractivity contribution in [1.82, 2.24) is 9.13 Å². The lowest BCUT2D eigenvalue weighted by Gasteiger charge is -2.40. The van der Waals surface area contributed by atoms with Crippen LogP contribution in [0.4, 0.5) is 0 Å². The molecule has 1 aliphatic heterocycles. The molecule has 11 aromatic carbocycles. The summed E-state index contributed by atoms with van der Waals surface area (Å²) >= 11 is 1.93. The third-order valence-corrected chi connectivity index (χ3v) is 20.6. The van der Waals surface area contributed by atoms with Crippen molar-refractivity contribution < 1.29 is 0 Å². The zero-order chi connectivity index (χ0) is 43.3. The summed E-state index contributed by atoms with van der Waals surface area (Å²) < 4.78 is 4.91. The molecule has 0 aliphatic carbocycles. The molecule has 0 saturated heterocycles. The summed E-state index contributed by atoms with van der Waals surface area (Å²) in [5, 5.41) is 15.8. The number of rotatable bonds is 5. The molecule has 0 fully saturated rings. The summed E-state index contributed by atoms with van der Waals surface area (Å²) in [6.07, 6.45) is 0. The topological polar surface area (TPSA) is 9.86 Å². The maximum Gasteiger partial charge on any atom is 0.181 e. The number of benzene rings is 11. The van der Waals surface area contributed by atoms with Gasteiger partial charge in [-0.15, -0.1) is 0 Å². The van der Waals surface area contributed by atoms with E-state index in [9.17, 15) is 0 Å². The first-order chi connectivity index (χ1) is 32.7. The van der Waals surface area contributed by atoms with Crippen LogP contribution in [-0.2, 0) is 0 Å². The maximum atomic E-state index is 2.55. The van der Waals surface area contributed by atoms with Gasteiger partial charge in [-0.05, 0) is 120 Å². The summed E-state index contributed by atoms with van der Waals surface area (Å²) in [4.78, 5) is 2.65. The summed E-state index contributed by atoms with van der Waals surface area (Å²) in [5.41, 5.74) is 9.68. The minimum absolute atomic E-state index is 1.16. The molecule has 1 unspecified atom stereocenters. The fraction of sp³-hybridized carbons (Fsp3) is 0. The molecule has 2 aromatic heterocycles. The predicted octanol–water partition coefficient (Wildman–Crippen LogP) is 13.7. The molecule has 1 atom stereocenters. The summed E-state index contributed by atoms with van der Waals surface area (Å²) in [5.74, 6) is 0. The van der Waals surface area contributed by atoms with Crippen LogP contribution in [0.2, 0.25) is 0 Å². The van der Waals surface area contributed by atoms with Gasteiger partial charge in [-0.2, -0.15) is 0 Å². The lowest BCUT2D eigenvalue weighted by Crippen LogP contribution is -2.76. The fourth-order valence-electron chi connectivity index (χ4n) is 11.3. The quantitative estimate of drug-likeness (QED) is 0.124. The fourth-order valence-corrected chi connectivity index (χ4v) is 18.3. The Balaban J connectivity index is 1.03. The molecule has 308 valence electrons. The molecule has 0 spiro atoms. The Morgan fingerprint density at radius 1 is 0.288 bits per heavy atom. The minimum Gasteiger partial charge on any atom is -0.309 e. The summed E-state index contributed by atoms with van der Waals surface area (Å²) in [7, 11) is -3.02. The lowest BCUT2D eigenvalue weighted by atomic mass is 9.97. The van der Waals surface area contributed by atoms with Crippen LogP contribution in [0.1, 0.15) is 0 Å². The van der Waals surface area contributed by atoms with Crippen LogP contribution in [0.15, 0.2) is 252 Å². The third kappa shape index (κ3) is 5.43. The van der Waals surface area contributed by atoms with Crippen LogP contribution >= 0.6 is 11.8 Å². The van der Waals surface area contributed by atoms with Crippen LogP contribution < -0.4 is 20.7 Å². The van der Waals surface area contributed by atoms with Crippen LogP contribution in [0.3, 0.4) is 0 Å². The molecule has 0 saturated carbocycles. The Hall–Kier alpha value is -7.89. The van der Waals surface area contributed by atoms with Gasteiger partial charge in [0, 0.05) is 42.7 Å². The van der Waals surface area contributed by atoms with Crippen molar-refractivity contribution in [1.29, 1.82) is 0 Å². The number of hydrogen-bond donors (Lipinski definition) is 0. The Labute approximate surface area is 387 Å². The van der Waals surface area contributed by atoms with E-state index in [1.54, 1.807) is 0 Å². The van der Waals surface area contributed by atoms with Crippen molar-refractivity contribution in [2.24, 2.45) is 0 Å². The molecule has 4 heteroatoms. The maximum absolute atomic E-state index is 3.02. The third-order valence-electron chi connectivity index (χ3n) is 14.2. The predicted molar refractivity (Wildman–Crippen MR) is 283 cm³/mol. The van der Waals surface area contributed by atoms with Crippen molar-refractivity contribution in [3.63, 3.8) is 0 Å². The average Bonchev–Trinajstić information content (AvgIpc) is 3.90.